The summed E-state index contributed by atoms with van der Waals surface area (Å²) >= 11 is 0. The van der Waals surface area contributed by atoms with E-state index in [-0.39, 0.29) is 25.7 Å². The zero-order valence-corrected chi connectivity index (χ0v) is 31.9. The molecule has 0 radical (unpaired) electrons. The van der Waals surface area contributed by atoms with Crippen molar-refractivity contribution in [2.45, 2.75) is 219 Å². The molecule has 3 atom stereocenters. The fourth-order valence-electron chi connectivity index (χ4n) is 6.14. The third kappa shape index (κ3) is 33.8. The third-order valence-corrected chi connectivity index (χ3v) is 10.2. The molecule has 9 heteroatoms. The van der Waals surface area contributed by atoms with Crippen LogP contribution in [0.15, 0.2) is 0 Å². The second kappa shape index (κ2) is 35.3. The summed E-state index contributed by atoms with van der Waals surface area (Å²) < 4.78 is 22.1. The standard InChI is InChI=1S/C38H79N2O6P/c1-3-5-7-9-11-13-15-16-17-18-19-20-22-24-26-28-30-32-38(42)40-36(35-46-47(43,44)45-34-33-39)37(41)31-29-27-25-23-21-14-12-10-8-6-4-2/h36-37,41H,3-35,39H2,1-2H3,(H,40,42)(H,43,44). The largest absolute Gasteiger partial charge is 0.472 e. The quantitative estimate of drug-likeness (QED) is 0.0374. The fourth-order valence-corrected chi connectivity index (χ4v) is 6.90. The molecule has 0 spiro atoms. The van der Waals surface area contributed by atoms with E-state index in [1.54, 1.807) is 0 Å². The van der Waals surface area contributed by atoms with Crippen molar-refractivity contribution in [1.29, 1.82) is 0 Å². The van der Waals surface area contributed by atoms with Crippen LogP contribution in [0.5, 0.6) is 0 Å². The van der Waals surface area contributed by atoms with Gasteiger partial charge in [0.25, 0.3) is 0 Å². The first-order chi connectivity index (χ1) is 22.9. The van der Waals surface area contributed by atoms with Gasteiger partial charge in [-0.25, -0.2) is 4.57 Å². The third-order valence-electron chi connectivity index (χ3n) is 9.21. The van der Waals surface area contributed by atoms with Crippen molar-refractivity contribution in [3.05, 3.63) is 0 Å². The number of phosphoric ester groups is 1. The molecule has 0 aromatic rings. The van der Waals surface area contributed by atoms with E-state index in [4.69, 9.17) is 14.8 Å². The van der Waals surface area contributed by atoms with Crippen molar-refractivity contribution >= 4 is 13.7 Å². The Bertz CT molecular complexity index is 714. The van der Waals surface area contributed by atoms with Gasteiger partial charge in [-0.1, -0.05) is 187 Å². The number of phosphoric acid groups is 1. The number of rotatable bonds is 38. The SMILES string of the molecule is CCCCCCCCCCCCCCCCCCCC(=O)NC(COP(=O)(O)OCCN)C(O)CCCCCCCCCCCCC. The zero-order chi connectivity index (χ0) is 34.7. The average Bonchev–Trinajstić information content (AvgIpc) is 3.05. The smallest absolute Gasteiger partial charge is 0.391 e. The monoisotopic (exact) mass is 691 g/mol. The zero-order valence-electron chi connectivity index (χ0n) is 31.0. The Morgan fingerprint density at radius 2 is 0.979 bits per heavy atom. The van der Waals surface area contributed by atoms with Gasteiger partial charge in [0.2, 0.25) is 5.91 Å². The Morgan fingerprint density at radius 3 is 1.36 bits per heavy atom. The highest BCUT2D eigenvalue weighted by Crippen LogP contribution is 2.43. The van der Waals surface area contributed by atoms with Crippen molar-refractivity contribution in [1.82, 2.24) is 5.32 Å². The number of carbonyl (C=O) groups excluding carboxylic acids is 1. The van der Waals surface area contributed by atoms with Gasteiger partial charge in [-0.3, -0.25) is 13.8 Å². The number of carbonyl (C=O) groups is 1. The van der Waals surface area contributed by atoms with Crippen LogP contribution in [0, 0.1) is 0 Å². The number of unbranched alkanes of at least 4 members (excludes halogenated alkanes) is 26. The maximum atomic E-state index is 12.7. The summed E-state index contributed by atoms with van der Waals surface area (Å²) in [5.74, 6) is -0.159. The molecule has 0 aromatic carbocycles. The molecule has 5 N–H and O–H groups in total. The van der Waals surface area contributed by atoms with E-state index in [0.717, 1.165) is 38.5 Å². The number of aliphatic hydroxyl groups excluding tert-OH is 1. The van der Waals surface area contributed by atoms with Gasteiger partial charge in [-0.15, -0.1) is 0 Å². The van der Waals surface area contributed by atoms with Gasteiger partial charge in [0, 0.05) is 13.0 Å². The van der Waals surface area contributed by atoms with Gasteiger partial charge in [-0.2, -0.15) is 0 Å². The minimum absolute atomic E-state index is 0.0922. The number of hydrogen-bond acceptors (Lipinski definition) is 6. The average molecular weight is 691 g/mol. The number of nitrogens with two attached hydrogens (primary N) is 1. The minimum Gasteiger partial charge on any atom is -0.391 e. The summed E-state index contributed by atoms with van der Waals surface area (Å²) in [7, 11) is -4.30. The first kappa shape index (κ1) is 46.5. The highest BCUT2D eigenvalue weighted by molar-refractivity contribution is 7.47. The normalized spacial score (nSPS) is 14.2. The van der Waals surface area contributed by atoms with Crippen LogP contribution in [0.1, 0.15) is 206 Å². The Hall–Kier alpha value is -0.500. The Balaban J connectivity index is 4.13. The molecule has 0 aliphatic carbocycles. The molecule has 0 aliphatic heterocycles. The highest BCUT2D eigenvalue weighted by atomic mass is 31.2. The van der Waals surface area contributed by atoms with Crippen molar-refractivity contribution in [3.8, 4) is 0 Å². The summed E-state index contributed by atoms with van der Waals surface area (Å²) in [6, 6.07) is -0.765. The first-order valence-corrected chi connectivity index (χ1v) is 21.6. The number of aliphatic hydroxyl groups is 1. The summed E-state index contributed by atoms with van der Waals surface area (Å²) in [6.45, 7) is 4.21. The van der Waals surface area contributed by atoms with Crippen LogP contribution in [0.2, 0.25) is 0 Å². The van der Waals surface area contributed by atoms with Gasteiger partial charge in [0.15, 0.2) is 0 Å². The molecule has 47 heavy (non-hydrogen) atoms. The molecule has 1 amide bonds. The van der Waals surface area contributed by atoms with Gasteiger partial charge in [0.1, 0.15) is 0 Å². The Kier molecular flexibility index (Phi) is 35.0. The lowest BCUT2D eigenvalue weighted by molar-refractivity contribution is -0.123. The molecule has 3 unspecified atom stereocenters. The van der Waals surface area contributed by atoms with E-state index >= 15 is 0 Å². The van der Waals surface area contributed by atoms with Crippen LogP contribution < -0.4 is 11.1 Å². The van der Waals surface area contributed by atoms with Crippen LogP contribution in [0.4, 0.5) is 0 Å². The molecule has 0 heterocycles. The molecule has 0 aliphatic rings. The van der Waals surface area contributed by atoms with Crippen LogP contribution in [0.3, 0.4) is 0 Å². The predicted molar refractivity (Wildman–Crippen MR) is 199 cm³/mol. The first-order valence-electron chi connectivity index (χ1n) is 20.2. The molecular weight excluding hydrogens is 611 g/mol. The maximum Gasteiger partial charge on any atom is 0.472 e. The molecule has 8 nitrogen and oxygen atoms in total. The van der Waals surface area contributed by atoms with Crippen molar-refractivity contribution in [2.75, 3.05) is 19.8 Å². The molecular formula is C38H79N2O6P. The molecule has 0 fully saturated rings. The van der Waals surface area contributed by atoms with E-state index in [2.05, 4.69) is 19.2 Å². The van der Waals surface area contributed by atoms with Crippen molar-refractivity contribution in [3.63, 3.8) is 0 Å². The fraction of sp³-hybridized carbons (Fsp3) is 0.974. The Labute approximate surface area is 291 Å². The lowest BCUT2D eigenvalue weighted by atomic mass is 10.0. The molecule has 0 saturated carbocycles. The Morgan fingerprint density at radius 1 is 0.617 bits per heavy atom. The summed E-state index contributed by atoms with van der Waals surface area (Å²) in [5, 5.41) is 13.7. The van der Waals surface area contributed by atoms with E-state index in [9.17, 15) is 19.4 Å². The van der Waals surface area contributed by atoms with E-state index in [1.165, 1.54) is 141 Å². The molecule has 0 aromatic heterocycles. The van der Waals surface area contributed by atoms with E-state index in [1.807, 2.05) is 0 Å². The lowest BCUT2D eigenvalue weighted by Gasteiger charge is -2.25. The molecule has 0 rings (SSSR count). The highest BCUT2D eigenvalue weighted by Gasteiger charge is 2.27. The van der Waals surface area contributed by atoms with E-state index in [0.29, 0.717) is 12.8 Å². The van der Waals surface area contributed by atoms with E-state index < -0.39 is 20.0 Å². The van der Waals surface area contributed by atoms with Crippen LogP contribution in [-0.4, -0.2) is 47.8 Å². The predicted octanol–water partition coefficient (Wildman–Crippen LogP) is 10.7. The van der Waals surface area contributed by atoms with Crippen LogP contribution in [-0.2, 0) is 18.4 Å². The summed E-state index contributed by atoms with van der Waals surface area (Å²) in [4.78, 5) is 22.6. The molecule has 0 bridgehead atoms. The topological polar surface area (TPSA) is 131 Å². The van der Waals surface area contributed by atoms with Gasteiger partial charge in [0.05, 0.1) is 25.4 Å². The maximum absolute atomic E-state index is 12.7. The van der Waals surface area contributed by atoms with Crippen molar-refractivity contribution < 1.29 is 28.4 Å². The van der Waals surface area contributed by atoms with Crippen molar-refractivity contribution in [2.24, 2.45) is 5.73 Å². The van der Waals surface area contributed by atoms with Crippen LogP contribution >= 0.6 is 7.82 Å². The van der Waals surface area contributed by atoms with Gasteiger partial charge < -0.3 is 21.1 Å². The second-order valence-electron chi connectivity index (χ2n) is 13.9. The second-order valence-corrected chi connectivity index (χ2v) is 15.3. The number of hydrogen-bond donors (Lipinski definition) is 4. The van der Waals surface area contributed by atoms with Gasteiger partial charge >= 0.3 is 7.82 Å². The summed E-state index contributed by atoms with van der Waals surface area (Å²) in [5.41, 5.74) is 5.36. The molecule has 282 valence electrons. The van der Waals surface area contributed by atoms with Crippen LogP contribution in [0.25, 0.3) is 0 Å². The molecule has 0 saturated heterocycles. The summed E-state index contributed by atoms with van der Waals surface area (Å²) in [6.07, 6.45) is 35.3. The van der Waals surface area contributed by atoms with Gasteiger partial charge in [-0.05, 0) is 12.8 Å². The number of amides is 1. The minimum atomic E-state index is -4.30. The lowest BCUT2D eigenvalue weighted by Crippen LogP contribution is -2.46. The number of nitrogens with one attached hydrogen (secondary N) is 1.